The Morgan fingerprint density at radius 2 is 2.21 bits per heavy atom. The summed E-state index contributed by atoms with van der Waals surface area (Å²) in [6.45, 7) is 2.26. The van der Waals surface area contributed by atoms with Gasteiger partial charge in [0.1, 0.15) is 0 Å². The van der Waals surface area contributed by atoms with Gasteiger partial charge in [-0.2, -0.15) is 11.8 Å². The Balaban J connectivity index is 2.02. The van der Waals surface area contributed by atoms with Gasteiger partial charge < -0.3 is 15.5 Å². The van der Waals surface area contributed by atoms with Gasteiger partial charge in [0.25, 0.3) is 0 Å². The Bertz CT molecular complexity index is 429. The first-order valence-electron chi connectivity index (χ1n) is 6.10. The normalized spacial score (nSPS) is 17.9. The first-order valence-corrected chi connectivity index (χ1v) is 7.25. The molecule has 1 fully saturated rings. The molecular formula is C12H17N3O3S. The number of hydrogen-bond donors (Lipinski definition) is 2. The molecule has 1 aliphatic heterocycles. The first kappa shape index (κ1) is 14.0. The van der Waals surface area contributed by atoms with Crippen LogP contribution in [0.5, 0.6) is 0 Å². The number of rotatable bonds is 4. The van der Waals surface area contributed by atoms with Gasteiger partial charge >= 0.3 is 11.8 Å². The summed E-state index contributed by atoms with van der Waals surface area (Å²) in [6.07, 6.45) is 3.28. The van der Waals surface area contributed by atoms with Gasteiger partial charge in [-0.05, 0) is 6.07 Å². The lowest BCUT2D eigenvalue weighted by Gasteiger charge is -2.33. The minimum absolute atomic E-state index is 0.0166. The van der Waals surface area contributed by atoms with Crippen molar-refractivity contribution in [3.63, 3.8) is 0 Å². The zero-order valence-electron chi connectivity index (χ0n) is 10.5. The summed E-state index contributed by atoms with van der Waals surface area (Å²) in [5, 5.41) is 2.56. The van der Waals surface area contributed by atoms with Crippen LogP contribution in [-0.2, 0) is 9.59 Å². The van der Waals surface area contributed by atoms with Crippen molar-refractivity contribution in [1.29, 1.82) is 0 Å². The average molecular weight is 283 g/mol. The fourth-order valence-electron chi connectivity index (χ4n) is 2.09. The van der Waals surface area contributed by atoms with Gasteiger partial charge in [0.15, 0.2) is 0 Å². The molecule has 0 radical (unpaired) electrons. The van der Waals surface area contributed by atoms with Crippen LogP contribution >= 0.6 is 11.8 Å². The van der Waals surface area contributed by atoms with Crippen molar-refractivity contribution in [2.45, 2.75) is 6.04 Å². The maximum absolute atomic E-state index is 11.3. The Morgan fingerprint density at radius 1 is 1.47 bits per heavy atom. The molecule has 6 nitrogen and oxygen atoms in total. The first-order chi connectivity index (χ1) is 9.18. The molecule has 1 aromatic heterocycles. The third kappa shape index (κ3) is 3.74. The molecule has 1 aliphatic rings. The molecule has 1 aromatic rings. The van der Waals surface area contributed by atoms with E-state index in [0.29, 0.717) is 6.54 Å². The molecule has 104 valence electrons. The number of amides is 2. The molecule has 2 rings (SSSR count). The van der Waals surface area contributed by atoms with Gasteiger partial charge in [0, 0.05) is 36.7 Å². The summed E-state index contributed by atoms with van der Waals surface area (Å²) in [4.78, 5) is 24.3. The zero-order chi connectivity index (χ0) is 13.7. The van der Waals surface area contributed by atoms with Crippen molar-refractivity contribution in [1.82, 2.24) is 10.2 Å². The summed E-state index contributed by atoms with van der Waals surface area (Å²) >= 11 is 1.92. The van der Waals surface area contributed by atoms with Crippen LogP contribution in [0, 0.1) is 0 Å². The van der Waals surface area contributed by atoms with Gasteiger partial charge in [0.2, 0.25) is 0 Å². The van der Waals surface area contributed by atoms with E-state index in [1.165, 1.54) is 0 Å². The molecule has 2 heterocycles. The lowest BCUT2D eigenvalue weighted by molar-refractivity contribution is -0.137. The van der Waals surface area contributed by atoms with E-state index in [4.69, 9.17) is 10.2 Å². The molecule has 0 bridgehead atoms. The summed E-state index contributed by atoms with van der Waals surface area (Å²) in [6, 6.07) is 1.89. The highest BCUT2D eigenvalue weighted by molar-refractivity contribution is 7.99. The van der Waals surface area contributed by atoms with Gasteiger partial charge in [-0.1, -0.05) is 0 Å². The van der Waals surface area contributed by atoms with Crippen LogP contribution in [0.4, 0.5) is 0 Å². The van der Waals surface area contributed by atoms with Crippen LogP contribution in [0.2, 0.25) is 0 Å². The second-order valence-corrected chi connectivity index (χ2v) is 5.52. The molecule has 0 aromatic carbocycles. The molecule has 7 heteroatoms. The number of thioether (sulfide) groups is 1. The Morgan fingerprint density at radius 3 is 2.79 bits per heavy atom. The third-order valence-corrected chi connectivity index (χ3v) is 4.04. The fraction of sp³-hybridized carbons (Fsp3) is 0.500. The van der Waals surface area contributed by atoms with Crippen LogP contribution in [0.15, 0.2) is 23.0 Å². The highest BCUT2D eigenvalue weighted by Crippen LogP contribution is 2.23. The Kier molecular flexibility index (Phi) is 4.86. The van der Waals surface area contributed by atoms with Crippen molar-refractivity contribution in [3.05, 3.63) is 24.2 Å². The molecule has 2 amide bonds. The van der Waals surface area contributed by atoms with Crippen LogP contribution in [0.3, 0.4) is 0 Å². The number of nitrogens with zero attached hydrogens (tertiary/aromatic N) is 1. The summed E-state index contributed by atoms with van der Waals surface area (Å²) in [7, 11) is 0. The lowest BCUT2D eigenvalue weighted by Crippen LogP contribution is -2.44. The summed E-state index contributed by atoms with van der Waals surface area (Å²) < 4.78 is 5.10. The second kappa shape index (κ2) is 6.63. The quantitative estimate of drug-likeness (QED) is 0.758. The molecule has 19 heavy (non-hydrogen) atoms. The van der Waals surface area contributed by atoms with Gasteiger partial charge in [-0.15, -0.1) is 0 Å². The van der Waals surface area contributed by atoms with Crippen LogP contribution in [-0.4, -0.2) is 47.9 Å². The van der Waals surface area contributed by atoms with E-state index < -0.39 is 11.8 Å². The molecule has 0 unspecified atom stereocenters. The van der Waals surface area contributed by atoms with Crippen molar-refractivity contribution in [2.75, 3.05) is 31.1 Å². The SMILES string of the molecule is NC(=O)C(=O)NC[C@@H](c1ccoc1)N1CCSCC1. The van der Waals surface area contributed by atoms with Crippen LogP contribution in [0.25, 0.3) is 0 Å². The minimum Gasteiger partial charge on any atom is -0.472 e. The average Bonchev–Trinajstić information content (AvgIpc) is 2.94. The van der Waals surface area contributed by atoms with Gasteiger partial charge in [-0.25, -0.2) is 0 Å². The topological polar surface area (TPSA) is 88.6 Å². The second-order valence-electron chi connectivity index (χ2n) is 4.30. The molecular weight excluding hydrogens is 266 g/mol. The third-order valence-electron chi connectivity index (χ3n) is 3.09. The summed E-state index contributed by atoms with van der Waals surface area (Å²) in [5.74, 6) is 0.427. The molecule has 0 spiro atoms. The van der Waals surface area contributed by atoms with Gasteiger partial charge in [0.05, 0.1) is 18.6 Å². The van der Waals surface area contributed by atoms with E-state index in [9.17, 15) is 9.59 Å². The van der Waals surface area contributed by atoms with E-state index in [1.807, 2.05) is 17.8 Å². The standard InChI is InChI=1S/C12H17N3O3S/c13-11(16)12(17)14-7-10(9-1-4-18-8-9)15-2-5-19-6-3-15/h1,4,8,10H,2-3,5-7H2,(H2,13,16)(H,14,17)/t10-/m0/s1. The molecule has 0 aliphatic carbocycles. The number of primary amides is 1. The number of carbonyl (C=O) groups is 2. The number of nitrogens with two attached hydrogens (primary N) is 1. The number of nitrogens with one attached hydrogen (secondary N) is 1. The lowest BCUT2D eigenvalue weighted by atomic mass is 10.1. The maximum Gasteiger partial charge on any atom is 0.309 e. The van der Waals surface area contributed by atoms with Crippen molar-refractivity contribution >= 4 is 23.6 Å². The van der Waals surface area contributed by atoms with E-state index in [1.54, 1.807) is 12.5 Å². The largest absolute Gasteiger partial charge is 0.472 e. The van der Waals surface area contributed by atoms with Crippen molar-refractivity contribution in [2.24, 2.45) is 5.73 Å². The van der Waals surface area contributed by atoms with E-state index >= 15 is 0 Å². The molecule has 1 saturated heterocycles. The smallest absolute Gasteiger partial charge is 0.309 e. The summed E-state index contributed by atoms with van der Waals surface area (Å²) in [5.41, 5.74) is 5.93. The predicted octanol–water partition coefficient (Wildman–Crippen LogP) is -0.0290. The monoisotopic (exact) mass is 283 g/mol. The fourth-order valence-corrected chi connectivity index (χ4v) is 3.02. The minimum atomic E-state index is -0.958. The molecule has 0 saturated carbocycles. The van der Waals surface area contributed by atoms with Crippen LogP contribution in [0.1, 0.15) is 11.6 Å². The number of furan rings is 1. The number of carbonyl (C=O) groups excluding carboxylic acids is 2. The van der Waals surface area contributed by atoms with Gasteiger partial charge in [-0.3, -0.25) is 14.5 Å². The Labute approximate surface area is 115 Å². The van der Waals surface area contributed by atoms with Crippen LogP contribution < -0.4 is 11.1 Å². The van der Waals surface area contributed by atoms with Crippen molar-refractivity contribution in [3.8, 4) is 0 Å². The maximum atomic E-state index is 11.3. The molecule has 1 atom stereocenters. The zero-order valence-corrected chi connectivity index (χ0v) is 11.3. The molecule has 3 N–H and O–H groups in total. The predicted molar refractivity (Wildman–Crippen MR) is 72.6 cm³/mol. The Hall–Kier alpha value is -1.47. The number of hydrogen-bond acceptors (Lipinski definition) is 5. The highest BCUT2D eigenvalue weighted by Gasteiger charge is 2.24. The highest BCUT2D eigenvalue weighted by atomic mass is 32.2. The van der Waals surface area contributed by atoms with E-state index in [-0.39, 0.29) is 6.04 Å². The van der Waals surface area contributed by atoms with Crippen molar-refractivity contribution < 1.29 is 14.0 Å². The van der Waals surface area contributed by atoms with E-state index in [0.717, 1.165) is 30.2 Å². The van der Waals surface area contributed by atoms with E-state index in [2.05, 4.69) is 10.2 Å².